The van der Waals surface area contributed by atoms with Gasteiger partial charge in [0.1, 0.15) is 5.75 Å². The van der Waals surface area contributed by atoms with E-state index in [2.05, 4.69) is 46.8 Å². The quantitative estimate of drug-likeness (QED) is 0.274. The van der Waals surface area contributed by atoms with E-state index in [1.54, 1.807) is 17.3 Å². The lowest BCUT2D eigenvalue weighted by Crippen LogP contribution is -2.50. The van der Waals surface area contributed by atoms with Gasteiger partial charge < -0.3 is 4.74 Å². The highest BCUT2D eigenvalue weighted by molar-refractivity contribution is 7.99. The van der Waals surface area contributed by atoms with Gasteiger partial charge in [-0.15, -0.1) is 0 Å². The van der Waals surface area contributed by atoms with Crippen molar-refractivity contribution in [3.8, 4) is 5.75 Å². The van der Waals surface area contributed by atoms with Crippen LogP contribution in [-0.4, -0.2) is 17.5 Å². The van der Waals surface area contributed by atoms with Crippen molar-refractivity contribution in [2.45, 2.75) is 91.4 Å². The summed E-state index contributed by atoms with van der Waals surface area (Å²) in [5.41, 5.74) is 5.11. The molecule has 1 aromatic rings. The lowest BCUT2D eigenvalue weighted by Gasteiger charge is -2.56. The maximum Gasteiger partial charge on any atom is 0.321 e. The van der Waals surface area contributed by atoms with Crippen molar-refractivity contribution in [1.29, 1.82) is 0 Å². The number of fused-ring (bicyclic) bond motifs is 5. The summed E-state index contributed by atoms with van der Waals surface area (Å²) in [5.74, 6) is 4.44. The minimum atomic E-state index is -0.107. The molecule has 2 saturated carbocycles. The molecule has 3 aliphatic rings. The summed E-state index contributed by atoms with van der Waals surface area (Å²) >= 11 is 1.69. The molecule has 3 aliphatic carbocycles. The maximum absolute atomic E-state index is 12.4. The molecule has 4 atom stereocenters. The number of carbonyl (C=O) groups is 1. The highest BCUT2D eigenvalue weighted by Gasteiger charge is 2.57. The van der Waals surface area contributed by atoms with E-state index >= 15 is 0 Å². The highest BCUT2D eigenvalue weighted by Crippen LogP contribution is 2.64. The number of benzene rings is 1. The van der Waals surface area contributed by atoms with Crippen LogP contribution >= 0.6 is 11.8 Å². The van der Waals surface area contributed by atoms with E-state index in [-0.39, 0.29) is 11.4 Å². The van der Waals surface area contributed by atoms with Crippen molar-refractivity contribution in [1.82, 2.24) is 0 Å². The van der Waals surface area contributed by atoms with Crippen LogP contribution in [0.5, 0.6) is 5.75 Å². The molecule has 0 aliphatic heterocycles. The average Bonchev–Trinajstić information content (AvgIpc) is 2.99. The molecule has 0 radical (unpaired) electrons. The zero-order chi connectivity index (χ0) is 21.5. The molecule has 2 nitrogen and oxygen atoms in total. The van der Waals surface area contributed by atoms with E-state index in [1.165, 1.54) is 49.7 Å². The fourth-order valence-corrected chi connectivity index (χ4v) is 8.22. The SMILES string of the molecule is Cc1cc(OC(=O)CSCCC(C)C)cc2c1C1(C)CCC3CCCCC3(C)C1C2. The second kappa shape index (κ2) is 8.52. The monoisotopic (exact) mass is 428 g/mol. The fraction of sp³-hybridized carbons (Fsp3) is 0.741. The third-order valence-corrected chi connectivity index (χ3v) is 9.67. The summed E-state index contributed by atoms with van der Waals surface area (Å²) in [6.07, 6.45) is 10.6. The Hall–Kier alpha value is -0.960. The minimum absolute atomic E-state index is 0.107. The Bertz CT molecular complexity index is 800. The Morgan fingerprint density at radius 1 is 1.20 bits per heavy atom. The summed E-state index contributed by atoms with van der Waals surface area (Å²) in [6, 6.07) is 4.32. The molecule has 2 fully saturated rings. The van der Waals surface area contributed by atoms with Gasteiger partial charge in [0.15, 0.2) is 0 Å². The first-order valence-electron chi connectivity index (χ1n) is 12.2. The average molecular weight is 429 g/mol. The number of ether oxygens (including phenoxy) is 1. The predicted octanol–water partition coefficient (Wildman–Crippen LogP) is 7.10. The largest absolute Gasteiger partial charge is 0.426 e. The number of hydrogen-bond acceptors (Lipinski definition) is 3. The Balaban J connectivity index is 1.50. The molecule has 0 heterocycles. The number of hydrogen-bond donors (Lipinski definition) is 0. The van der Waals surface area contributed by atoms with Gasteiger partial charge in [0.2, 0.25) is 0 Å². The van der Waals surface area contributed by atoms with E-state index in [0.717, 1.165) is 36.2 Å². The number of esters is 1. The van der Waals surface area contributed by atoms with Crippen LogP contribution in [0.1, 0.15) is 89.3 Å². The van der Waals surface area contributed by atoms with Crippen LogP contribution in [0.4, 0.5) is 0 Å². The molecule has 30 heavy (non-hydrogen) atoms. The smallest absolute Gasteiger partial charge is 0.321 e. The van der Waals surface area contributed by atoms with E-state index in [1.807, 2.05) is 0 Å². The van der Waals surface area contributed by atoms with Crippen molar-refractivity contribution in [2.75, 3.05) is 11.5 Å². The van der Waals surface area contributed by atoms with Gasteiger partial charge in [-0.25, -0.2) is 0 Å². The van der Waals surface area contributed by atoms with Crippen LogP contribution in [-0.2, 0) is 16.6 Å². The molecule has 4 unspecified atom stereocenters. The standard InChI is InChI=1S/C27H40O2S/c1-18(2)10-13-30-17-24(28)29-22-14-19(3)25-20(15-22)16-23-26(4)11-7-6-8-21(26)9-12-27(23,25)5/h14-15,18,21,23H,6-13,16-17H2,1-5H3. The molecule has 0 N–H and O–H groups in total. The van der Waals surface area contributed by atoms with E-state index in [9.17, 15) is 4.79 Å². The Labute approximate surface area is 187 Å². The Morgan fingerprint density at radius 3 is 2.77 bits per heavy atom. The summed E-state index contributed by atoms with van der Waals surface area (Å²) in [5, 5.41) is 0. The van der Waals surface area contributed by atoms with Crippen molar-refractivity contribution >= 4 is 17.7 Å². The van der Waals surface area contributed by atoms with E-state index in [0.29, 0.717) is 17.1 Å². The van der Waals surface area contributed by atoms with Crippen LogP contribution in [0.15, 0.2) is 12.1 Å². The van der Waals surface area contributed by atoms with Crippen molar-refractivity contribution < 1.29 is 9.53 Å². The number of carbonyl (C=O) groups excluding carboxylic acids is 1. The summed E-state index contributed by atoms with van der Waals surface area (Å²) in [7, 11) is 0. The minimum Gasteiger partial charge on any atom is -0.426 e. The summed E-state index contributed by atoms with van der Waals surface area (Å²) in [6.45, 7) is 11.8. The Kier molecular flexibility index (Phi) is 6.32. The lowest BCUT2D eigenvalue weighted by atomic mass is 9.48. The van der Waals surface area contributed by atoms with Crippen LogP contribution in [0.3, 0.4) is 0 Å². The molecular weight excluding hydrogens is 388 g/mol. The van der Waals surface area contributed by atoms with Gasteiger partial charge in [0.05, 0.1) is 5.75 Å². The summed E-state index contributed by atoms with van der Waals surface area (Å²) < 4.78 is 5.79. The topological polar surface area (TPSA) is 26.3 Å². The maximum atomic E-state index is 12.4. The van der Waals surface area contributed by atoms with Gasteiger partial charge in [0, 0.05) is 0 Å². The van der Waals surface area contributed by atoms with Gasteiger partial charge in [-0.3, -0.25) is 4.79 Å². The molecule has 0 saturated heterocycles. The van der Waals surface area contributed by atoms with Gasteiger partial charge in [0.25, 0.3) is 0 Å². The van der Waals surface area contributed by atoms with Crippen LogP contribution in [0.2, 0.25) is 0 Å². The molecule has 1 aromatic carbocycles. The summed E-state index contributed by atoms with van der Waals surface area (Å²) in [4.78, 5) is 12.4. The van der Waals surface area contributed by atoms with Crippen LogP contribution in [0, 0.1) is 30.1 Å². The number of thioether (sulfide) groups is 1. The molecule has 0 amide bonds. The molecule has 0 aromatic heterocycles. The zero-order valence-corrected chi connectivity index (χ0v) is 20.5. The normalized spacial score (nSPS) is 32.5. The zero-order valence-electron chi connectivity index (χ0n) is 19.7. The molecule has 166 valence electrons. The first-order valence-corrected chi connectivity index (χ1v) is 13.3. The fourth-order valence-electron chi connectivity index (χ4n) is 7.21. The van der Waals surface area contributed by atoms with Gasteiger partial charge in [-0.1, -0.05) is 40.5 Å². The number of aryl methyl sites for hydroxylation is 1. The first-order chi connectivity index (χ1) is 14.2. The predicted molar refractivity (Wildman–Crippen MR) is 127 cm³/mol. The number of rotatable bonds is 6. The highest BCUT2D eigenvalue weighted by atomic mass is 32.2. The second-order valence-electron chi connectivity index (χ2n) is 11.1. The van der Waals surface area contributed by atoms with Gasteiger partial charge in [-0.2, -0.15) is 11.8 Å². The third kappa shape index (κ3) is 3.96. The molecule has 4 rings (SSSR count). The molecule has 0 bridgehead atoms. The second-order valence-corrected chi connectivity index (χ2v) is 12.3. The van der Waals surface area contributed by atoms with Crippen LogP contribution < -0.4 is 4.74 Å². The first kappa shape index (κ1) is 22.2. The molecular formula is C27H40O2S. The van der Waals surface area contributed by atoms with Gasteiger partial charge in [-0.05, 0) is 109 Å². The van der Waals surface area contributed by atoms with Crippen molar-refractivity contribution in [2.24, 2.45) is 23.2 Å². The molecule has 0 spiro atoms. The van der Waals surface area contributed by atoms with E-state index < -0.39 is 0 Å². The van der Waals surface area contributed by atoms with E-state index in [4.69, 9.17) is 4.74 Å². The van der Waals surface area contributed by atoms with Crippen molar-refractivity contribution in [3.05, 3.63) is 28.8 Å². The van der Waals surface area contributed by atoms with Crippen LogP contribution in [0.25, 0.3) is 0 Å². The van der Waals surface area contributed by atoms with Crippen molar-refractivity contribution in [3.63, 3.8) is 0 Å². The molecule has 3 heteroatoms. The van der Waals surface area contributed by atoms with Gasteiger partial charge >= 0.3 is 5.97 Å². The lowest BCUT2D eigenvalue weighted by molar-refractivity contribution is -0.131. The third-order valence-electron chi connectivity index (χ3n) is 8.70. The Morgan fingerprint density at radius 2 is 2.00 bits per heavy atom.